The van der Waals surface area contributed by atoms with E-state index in [1.165, 1.54) is 11.1 Å². The number of aromatic amines is 1. The largest absolute Gasteiger partial charge is 0.352 e. The van der Waals surface area contributed by atoms with Gasteiger partial charge in [-0.25, -0.2) is 0 Å². The van der Waals surface area contributed by atoms with Crippen molar-refractivity contribution in [3.05, 3.63) is 64.8 Å². The van der Waals surface area contributed by atoms with E-state index in [1.807, 2.05) is 37.3 Å². The van der Waals surface area contributed by atoms with E-state index in [0.29, 0.717) is 17.8 Å². The number of carbonyl (C=O) groups is 1. The van der Waals surface area contributed by atoms with E-state index in [0.717, 1.165) is 28.6 Å². The highest BCUT2D eigenvalue weighted by Gasteiger charge is 2.27. The summed E-state index contributed by atoms with van der Waals surface area (Å²) in [6.45, 7) is 4.11. The van der Waals surface area contributed by atoms with Crippen LogP contribution >= 0.6 is 0 Å². The van der Waals surface area contributed by atoms with Gasteiger partial charge < -0.3 is 4.98 Å². The lowest BCUT2D eigenvalue weighted by molar-refractivity contribution is 0.105. The third-order valence-corrected chi connectivity index (χ3v) is 4.53. The van der Waals surface area contributed by atoms with E-state index in [4.69, 9.17) is 0 Å². The summed E-state index contributed by atoms with van der Waals surface area (Å²) in [5, 5.41) is 5.50. The molecule has 1 heterocycles. The summed E-state index contributed by atoms with van der Waals surface area (Å²) in [6.07, 6.45) is 1.49. The average Bonchev–Trinajstić information content (AvgIpc) is 2.95. The Balaban J connectivity index is 1.65. The van der Waals surface area contributed by atoms with Crippen molar-refractivity contribution in [3.8, 4) is 0 Å². The number of nitrogens with zero attached hydrogens (tertiary/aromatic N) is 1. The molecule has 1 aromatic heterocycles. The fraction of sp³-hybridized carbons (Fsp3) is 0.200. The zero-order valence-corrected chi connectivity index (χ0v) is 13.8. The second kappa shape index (κ2) is 5.64. The molecule has 3 aromatic rings. The Morgan fingerprint density at radius 2 is 1.75 bits per heavy atom. The first-order chi connectivity index (χ1) is 11.6. The highest BCUT2D eigenvalue weighted by molar-refractivity contribution is 6.47. The zero-order chi connectivity index (χ0) is 16.7. The summed E-state index contributed by atoms with van der Waals surface area (Å²) in [5.41, 5.74) is 9.69. The normalized spacial score (nSPS) is 15.8. The average molecular weight is 317 g/mol. The van der Waals surface area contributed by atoms with Gasteiger partial charge in [0, 0.05) is 10.9 Å². The first-order valence-electron chi connectivity index (χ1n) is 8.17. The second-order valence-electron chi connectivity index (χ2n) is 6.39. The maximum atomic E-state index is 12.7. The van der Waals surface area contributed by atoms with Gasteiger partial charge in [-0.15, -0.1) is 0 Å². The summed E-state index contributed by atoms with van der Waals surface area (Å²) in [4.78, 5) is 16.0. The molecule has 0 saturated heterocycles. The van der Waals surface area contributed by atoms with Crippen LogP contribution in [0.4, 0.5) is 5.69 Å². The molecule has 120 valence electrons. The number of aryl methyl sites for hydroxylation is 3. The second-order valence-corrected chi connectivity index (χ2v) is 6.39. The van der Waals surface area contributed by atoms with E-state index in [1.54, 1.807) is 0 Å². The first kappa shape index (κ1) is 14.7. The highest BCUT2D eigenvalue weighted by Crippen LogP contribution is 2.29. The van der Waals surface area contributed by atoms with Crippen LogP contribution in [0.5, 0.6) is 0 Å². The van der Waals surface area contributed by atoms with Gasteiger partial charge >= 0.3 is 0 Å². The Labute approximate surface area is 140 Å². The van der Waals surface area contributed by atoms with Crippen LogP contribution in [-0.2, 0) is 6.42 Å². The quantitative estimate of drug-likeness (QED) is 0.689. The molecule has 2 N–H and O–H groups in total. The van der Waals surface area contributed by atoms with E-state index in [2.05, 4.69) is 34.6 Å². The number of ketones is 1. The first-order valence-corrected chi connectivity index (χ1v) is 8.17. The lowest BCUT2D eigenvalue weighted by Crippen LogP contribution is -2.23. The van der Waals surface area contributed by atoms with Crippen LogP contribution in [0.2, 0.25) is 0 Å². The van der Waals surface area contributed by atoms with Gasteiger partial charge in [0.05, 0.1) is 11.4 Å². The number of hydrogen-bond donors (Lipinski definition) is 2. The van der Waals surface area contributed by atoms with Gasteiger partial charge in [-0.3, -0.25) is 10.2 Å². The Kier molecular flexibility index (Phi) is 3.45. The minimum absolute atomic E-state index is 0.00952. The molecule has 0 amide bonds. The van der Waals surface area contributed by atoms with Crippen molar-refractivity contribution in [1.29, 1.82) is 0 Å². The maximum absolute atomic E-state index is 12.7. The third-order valence-electron chi connectivity index (χ3n) is 4.53. The van der Waals surface area contributed by atoms with Crippen molar-refractivity contribution in [3.63, 3.8) is 0 Å². The summed E-state index contributed by atoms with van der Waals surface area (Å²) in [5.74, 6) is -0.00952. The lowest BCUT2D eigenvalue weighted by Gasteiger charge is -2.13. The molecular weight excluding hydrogens is 298 g/mol. The molecule has 0 fully saturated rings. The monoisotopic (exact) mass is 317 g/mol. The molecule has 0 saturated carbocycles. The SMILES string of the molecule is Cc1ccc(N/N=C2\CCc3c([nH]c4ccc(C)cc34)C2=O)cc1. The molecule has 4 rings (SSSR count). The van der Waals surface area contributed by atoms with Crippen molar-refractivity contribution >= 4 is 28.1 Å². The fourth-order valence-corrected chi connectivity index (χ4v) is 3.18. The predicted octanol–water partition coefficient (Wildman–Crippen LogP) is 4.38. The molecule has 0 aliphatic heterocycles. The maximum Gasteiger partial charge on any atom is 0.225 e. The number of anilines is 1. The number of hydrazone groups is 1. The van der Waals surface area contributed by atoms with Crippen LogP contribution in [0.3, 0.4) is 0 Å². The molecule has 0 atom stereocenters. The molecule has 0 radical (unpaired) electrons. The number of benzene rings is 2. The minimum Gasteiger partial charge on any atom is -0.352 e. The Hall–Kier alpha value is -2.88. The molecule has 4 heteroatoms. The number of Topliss-reactive ketones (excluding diaryl/α,β-unsaturated/α-hetero) is 1. The van der Waals surface area contributed by atoms with Crippen molar-refractivity contribution in [2.45, 2.75) is 26.7 Å². The van der Waals surface area contributed by atoms with Crippen LogP contribution in [0.15, 0.2) is 47.6 Å². The van der Waals surface area contributed by atoms with E-state index < -0.39 is 0 Å². The van der Waals surface area contributed by atoms with Gasteiger partial charge in [0.1, 0.15) is 5.71 Å². The Morgan fingerprint density at radius 3 is 2.54 bits per heavy atom. The van der Waals surface area contributed by atoms with Crippen LogP contribution in [-0.4, -0.2) is 16.5 Å². The van der Waals surface area contributed by atoms with Crippen LogP contribution in [0.1, 0.15) is 33.6 Å². The summed E-state index contributed by atoms with van der Waals surface area (Å²) >= 11 is 0. The standard InChI is InChI=1S/C20H19N3O/c1-12-3-6-14(7-4-12)22-23-18-10-8-15-16-11-13(2)5-9-17(16)21-19(15)20(18)24/h3-7,9,11,21-22H,8,10H2,1-2H3/b23-18+. The number of H-pyrrole nitrogens is 1. The summed E-state index contributed by atoms with van der Waals surface area (Å²) < 4.78 is 0. The number of nitrogens with one attached hydrogen (secondary N) is 2. The van der Waals surface area contributed by atoms with Gasteiger partial charge in [0.25, 0.3) is 0 Å². The van der Waals surface area contributed by atoms with Crippen LogP contribution < -0.4 is 5.43 Å². The fourth-order valence-electron chi connectivity index (χ4n) is 3.18. The zero-order valence-electron chi connectivity index (χ0n) is 13.8. The number of fused-ring (bicyclic) bond motifs is 3. The van der Waals surface area contributed by atoms with Crippen molar-refractivity contribution in [1.82, 2.24) is 4.98 Å². The van der Waals surface area contributed by atoms with Crippen LogP contribution in [0.25, 0.3) is 10.9 Å². The topological polar surface area (TPSA) is 57.2 Å². The molecule has 0 bridgehead atoms. The van der Waals surface area contributed by atoms with Gasteiger partial charge in [0.15, 0.2) is 0 Å². The molecule has 24 heavy (non-hydrogen) atoms. The third kappa shape index (κ3) is 2.50. The molecule has 2 aromatic carbocycles. The Bertz CT molecular complexity index is 964. The minimum atomic E-state index is -0.00952. The van der Waals surface area contributed by atoms with Gasteiger partial charge in [-0.2, -0.15) is 5.10 Å². The van der Waals surface area contributed by atoms with Crippen molar-refractivity contribution < 1.29 is 4.79 Å². The van der Waals surface area contributed by atoms with E-state index in [-0.39, 0.29) is 5.78 Å². The summed E-state index contributed by atoms with van der Waals surface area (Å²) in [7, 11) is 0. The van der Waals surface area contributed by atoms with Crippen molar-refractivity contribution in [2.75, 3.05) is 5.43 Å². The lowest BCUT2D eigenvalue weighted by atomic mass is 9.93. The van der Waals surface area contributed by atoms with Gasteiger partial charge in [-0.1, -0.05) is 29.3 Å². The van der Waals surface area contributed by atoms with E-state index >= 15 is 0 Å². The number of carbonyl (C=O) groups excluding carboxylic acids is 1. The molecule has 0 spiro atoms. The Morgan fingerprint density at radius 1 is 1.00 bits per heavy atom. The molecule has 0 unspecified atom stereocenters. The predicted molar refractivity (Wildman–Crippen MR) is 97.9 cm³/mol. The molecule has 1 aliphatic rings. The van der Waals surface area contributed by atoms with Crippen molar-refractivity contribution in [2.24, 2.45) is 5.10 Å². The van der Waals surface area contributed by atoms with Gasteiger partial charge in [-0.05, 0) is 56.5 Å². The highest BCUT2D eigenvalue weighted by atomic mass is 16.1. The van der Waals surface area contributed by atoms with E-state index in [9.17, 15) is 4.79 Å². The molecular formula is C20H19N3O. The number of hydrogen-bond acceptors (Lipinski definition) is 3. The number of aromatic nitrogens is 1. The molecule has 1 aliphatic carbocycles. The summed E-state index contributed by atoms with van der Waals surface area (Å²) in [6, 6.07) is 14.2. The van der Waals surface area contributed by atoms with Gasteiger partial charge in [0.2, 0.25) is 5.78 Å². The molecule has 4 nitrogen and oxygen atoms in total. The number of rotatable bonds is 2. The van der Waals surface area contributed by atoms with Crippen LogP contribution in [0, 0.1) is 13.8 Å². The smallest absolute Gasteiger partial charge is 0.225 e.